The lowest BCUT2D eigenvalue weighted by Crippen LogP contribution is -2.62. The molecule has 50 heavy (non-hydrogen) atoms. The van der Waals surface area contributed by atoms with E-state index in [-0.39, 0.29) is 12.0 Å². The van der Waals surface area contributed by atoms with Crippen LogP contribution in [-0.2, 0) is 21.3 Å². The zero-order chi connectivity index (χ0) is 35.5. The summed E-state index contributed by atoms with van der Waals surface area (Å²) in [5, 5.41) is 17.8. The Balaban J connectivity index is 1.25. The van der Waals surface area contributed by atoms with Gasteiger partial charge in [0.25, 0.3) is 0 Å². The Morgan fingerprint density at radius 1 is 1.08 bits per heavy atom. The predicted molar refractivity (Wildman–Crippen MR) is 195 cm³/mol. The van der Waals surface area contributed by atoms with Crippen molar-refractivity contribution in [3.8, 4) is 21.7 Å². The van der Waals surface area contributed by atoms with E-state index < -0.39 is 17.7 Å². The normalized spacial score (nSPS) is 17.0. The molecule has 2 saturated heterocycles. The van der Waals surface area contributed by atoms with Crippen molar-refractivity contribution >= 4 is 56.3 Å². The number of pyridine rings is 1. The van der Waals surface area contributed by atoms with Gasteiger partial charge in [-0.25, -0.2) is 19.6 Å². The van der Waals surface area contributed by atoms with Gasteiger partial charge >= 0.3 is 12.1 Å². The molecule has 5 aromatic rings. The van der Waals surface area contributed by atoms with Crippen LogP contribution >= 0.6 is 22.9 Å². The fourth-order valence-corrected chi connectivity index (χ4v) is 8.48. The average Bonchev–Trinajstić information content (AvgIpc) is 3.63. The Hall–Kier alpha value is -4.10. The van der Waals surface area contributed by atoms with E-state index in [4.69, 9.17) is 36.1 Å². The van der Waals surface area contributed by atoms with Crippen LogP contribution in [0.15, 0.2) is 42.6 Å². The van der Waals surface area contributed by atoms with E-state index in [2.05, 4.69) is 11.0 Å². The van der Waals surface area contributed by atoms with Gasteiger partial charge in [-0.3, -0.25) is 9.58 Å². The van der Waals surface area contributed by atoms with Gasteiger partial charge in [0.05, 0.1) is 28.6 Å². The van der Waals surface area contributed by atoms with Gasteiger partial charge in [-0.05, 0) is 89.0 Å². The molecule has 0 saturated carbocycles. The molecule has 13 heteroatoms. The first-order valence-electron chi connectivity index (χ1n) is 16.8. The van der Waals surface area contributed by atoms with E-state index in [1.165, 1.54) is 18.4 Å². The highest BCUT2D eigenvalue weighted by atomic mass is 35.5. The SMILES string of the molecule is COC(=O)N1CC(N2CCC(c3nn(C)c4ncc(-c5nc6cc(C)c(C(OC(C)(C)C)C(=O)O)c(-c7ccc(Cl)cc7)c6s5)cc34)CC2)C1. The average molecular weight is 717 g/mol. The van der Waals surface area contributed by atoms with Crippen molar-refractivity contribution < 1.29 is 24.2 Å². The predicted octanol–water partition coefficient (Wildman–Crippen LogP) is 7.44. The van der Waals surface area contributed by atoms with Gasteiger partial charge in [-0.15, -0.1) is 11.3 Å². The largest absolute Gasteiger partial charge is 0.479 e. The first-order valence-corrected chi connectivity index (χ1v) is 18.0. The number of methoxy groups -OCH3 is 1. The highest BCUT2D eigenvalue weighted by Crippen LogP contribution is 2.45. The zero-order valence-electron chi connectivity index (χ0n) is 29.1. The number of aromatic nitrogens is 4. The zero-order valence-corrected chi connectivity index (χ0v) is 30.6. The van der Waals surface area contributed by atoms with Gasteiger partial charge in [0.15, 0.2) is 11.8 Å². The number of carbonyl (C=O) groups is 2. The minimum atomic E-state index is -1.19. The molecule has 2 aliphatic rings. The van der Waals surface area contributed by atoms with Crippen LogP contribution in [0.3, 0.4) is 0 Å². The van der Waals surface area contributed by atoms with Crippen molar-refractivity contribution in [1.29, 1.82) is 0 Å². The molecule has 0 bridgehead atoms. The van der Waals surface area contributed by atoms with Crippen molar-refractivity contribution in [2.75, 3.05) is 33.3 Å². The maximum Gasteiger partial charge on any atom is 0.409 e. The van der Waals surface area contributed by atoms with Gasteiger partial charge in [-0.1, -0.05) is 23.7 Å². The van der Waals surface area contributed by atoms with E-state index in [9.17, 15) is 14.7 Å². The van der Waals surface area contributed by atoms with Crippen molar-refractivity contribution in [3.63, 3.8) is 0 Å². The maximum atomic E-state index is 12.7. The second-order valence-corrected chi connectivity index (χ2v) is 15.7. The Labute approximate surface area is 299 Å². The van der Waals surface area contributed by atoms with Crippen LogP contribution in [0.1, 0.15) is 62.5 Å². The monoisotopic (exact) mass is 716 g/mol. The summed E-state index contributed by atoms with van der Waals surface area (Å²) >= 11 is 7.80. The van der Waals surface area contributed by atoms with Crippen LogP contribution in [0.4, 0.5) is 4.79 Å². The van der Waals surface area contributed by atoms with E-state index in [1.54, 1.807) is 4.90 Å². The third kappa shape index (κ3) is 6.45. The van der Waals surface area contributed by atoms with Gasteiger partial charge in [0.2, 0.25) is 0 Å². The van der Waals surface area contributed by atoms with Gasteiger partial charge in [-0.2, -0.15) is 5.10 Å². The van der Waals surface area contributed by atoms with Crippen LogP contribution in [0, 0.1) is 6.92 Å². The summed E-state index contributed by atoms with van der Waals surface area (Å²) in [6.07, 6.45) is 2.34. The summed E-state index contributed by atoms with van der Waals surface area (Å²) in [4.78, 5) is 38.7. The number of piperidine rings is 1. The van der Waals surface area contributed by atoms with Crippen LogP contribution in [0.5, 0.6) is 0 Å². The third-order valence-electron chi connectivity index (χ3n) is 9.70. The number of aliphatic carboxylic acids is 1. The highest BCUT2D eigenvalue weighted by molar-refractivity contribution is 7.22. The van der Waals surface area contributed by atoms with Crippen LogP contribution in [0.2, 0.25) is 5.02 Å². The lowest BCUT2D eigenvalue weighted by molar-refractivity contribution is -0.160. The molecule has 2 aliphatic heterocycles. The van der Waals surface area contributed by atoms with E-state index in [1.807, 2.05) is 76.0 Å². The minimum absolute atomic E-state index is 0.261. The number of amides is 1. The summed E-state index contributed by atoms with van der Waals surface area (Å²) in [5.74, 6) is -0.764. The molecule has 2 fully saturated rings. The molecule has 3 aromatic heterocycles. The fourth-order valence-electron chi connectivity index (χ4n) is 7.25. The number of aryl methyl sites for hydroxylation is 2. The van der Waals surface area contributed by atoms with E-state index >= 15 is 0 Å². The molecule has 1 amide bonds. The third-order valence-corrected chi connectivity index (χ3v) is 11.1. The van der Waals surface area contributed by atoms with E-state index in [0.717, 1.165) is 80.1 Å². The summed E-state index contributed by atoms with van der Waals surface area (Å²) in [6, 6.07) is 11.9. The second-order valence-electron chi connectivity index (χ2n) is 14.2. The molecule has 11 nitrogen and oxygen atoms in total. The van der Waals surface area contributed by atoms with E-state index in [0.29, 0.717) is 29.7 Å². The number of carboxylic acids is 1. The van der Waals surface area contributed by atoms with Crippen LogP contribution in [0.25, 0.3) is 42.9 Å². The lowest BCUT2D eigenvalue weighted by atomic mass is 9.90. The fraction of sp³-hybridized carbons (Fsp3) is 0.432. The molecular weight excluding hydrogens is 676 g/mol. The molecule has 1 unspecified atom stereocenters. The molecular formula is C37H41ClN6O5S. The summed E-state index contributed by atoms with van der Waals surface area (Å²) in [6.45, 7) is 10.8. The molecule has 0 radical (unpaired) electrons. The van der Waals surface area contributed by atoms with Gasteiger partial charge < -0.3 is 19.5 Å². The maximum absolute atomic E-state index is 12.7. The van der Waals surface area contributed by atoms with Crippen molar-refractivity contribution in [2.45, 2.75) is 64.2 Å². The molecule has 2 aromatic carbocycles. The number of carbonyl (C=O) groups excluding carboxylic acids is 1. The Bertz CT molecular complexity index is 2090. The number of ether oxygens (including phenoxy) is 2. The standard InChI is InChI=1S/C37H41ClN6O5S/c1-20-15-27-32(29(21-7-9-24(38)10-8-21)28(20)31(35(45)46)49-37(2,3)4)50-34(40-27)23-16-26-30(41-42(5)33(26)39-17-23)22-11-13-43(14-12-22)25-18-44(19-25)36(47)48-6/h7-10,15-17,22,25,31H,11-14,18-19H2,1-6H3,(H,45,46). The molecule has 0 aliphatic carbocycles. The number of fused-ring (bicyclic) bond motifs is 2. The number of carboxylic acid groups (broad SMARTS) is 1. The molecule has 1 atom stereocenters. The number of likely N-dealkylation sites (tertiary alicyclic amines) is 2. The van der Waals surface area contributed by atoms with Crippen molar-refractivity contribution in [3.05, 3.63) is 64.4 Å². The first kappa shape index (κ1) is 34.4. The number of nitrogens with zero attached hydrogens (tertiary/aromatic N) is 6. The van der Waals surface area contributed by atoms with Crippen molar-refractivity contribution in [2.24, 2.45) is 7.05 Å². The molecule has 5 heterocycles. The molecule has 262 valence electrons. The molecule has 1 N–H and O–H groups in total. The topological polar surface area (TPSA) is 123 Å². The van der Waals surface area contributed by atoms with Gasteiger partial charge in [0.1, 0.15) is 5.01 Å². The number of benzene rings is 2. The molecule has 7 rings (SSSR count). The van der Waals surface area contributed by atoms with Crippen LogP contribution in [-0.4, -0.2) is 91.6 Å². The number of thiazole rings is 1. The second kappa shape index (κ2) is 13.2. The summed E-state index contributed by atoms with van der Waals surface area (Å²) < 4.78 is 13.8. The first-order chi connectivity index (χ1) is 23.8. The number of hydrogen-bond donors (Lipinski definition) is 1. The Kier molecular flexibility index (Phi) is 9.08. The Morgan fingerprint density at radius 3 is 2.42 bits per heavy atom. The lowest BCUT2D eigenvalue weighted by Gasteiger charge is -2.46. The quantitative estimate of drug-likeness (QED) is 0.183. The Morgan fingerprint density at radius 2 is 1.78 bits per heavy atom. The number of rotatable bonds is 7. The minimum Gasteiger partial charge on any atom is -0.479 e. The number of halogens is 1. The van der Waals surface area contributed by atoms with Crippen molar-refractivity contribution in [1.82, 2.24) is 29.5 Å². The van der Waals surface area contributed by atoms with Crippen LogP contribution < -0.4 is 0 Å². The number of hydrogen-bond acceptors (Lipinski definition) is 9. The summed E-state index contributed by atoms with van der Waals surface area (Å²) in [5.41, 5.74) is 5.84. The highest BCUT2D eigenvalue weighted by Gasteiger charge is 2.38. The smallest absolute Gasteiger partial charge is 0.409 e. The summed E-state index contributed by atoms with van der Waals surface area (Å²) in [7, 11) is 3.36. The van der Waals surface area contributed by atoms with Gasteiger partial charge in [0, 0.05) is 65.4 Å². The molecule has 0 spiro atoms.